The molecule has 3 heteroatoms. The standard InChI is InChI=1S/C50H38N2S/c1-2-14-35(15-3-1)49-40-25-23-38(52-29-11-17-34-13-5-8-20-46(34)52)32-44(40)50(36-22-27-48-42(30-36)39-18-6-9-21-47(39)53-48)41-26-24-37(31-43(41)49)51-28-10-16-33-12-4-7-19-45(33)51/h1-9,12-15,18-27,30-32H,10-11,16-17,28-29H2. The lowest BCUT2D eigenvalue weighted by atomic mass is 9.85. The van der Waals surface area contributed by atoms with Crippen molar-refractivity contribution in [2.75, 3.05) is 22.9 Å². The predicted octanol–water partition coefficient (Wildman–Crippen LogP) is 13.9. The second kappa shape index (κ2) is 12.4. The molecule has 0 N–H and O–H groups in total. The monoisotopic (exact) mass is 698 g/mol. The SMILES string of the molecule is c1ccc(-c2c3ccc(N4CCCc5ccccc54)cc3c(-c3ccc4sc5ccccc5c4c3)c3ccc(N4CCCc5ccccc54)cc23)cc1. The number of hydrogen-bond donors (Lipinski definition) is 0. The van der Waals surface area contributed by atoms with Crippen LogP contribution in [0.15, 0.2) is 158 Å². The van der Waals surface area contributed by atoms with E-state index in [1.807, 2.05) is 11.3 Å². The minimum atomic E-state index is 1.02. The molecular formula is C50H38N2S. The fraction of sp³-hybridized carbons (Fsp3) is 0.120. The van der Waals surface area contributed by atoms with Gasteiger partial charge >= 0.3 is 0 Å². The molecule has 0 saturated carbocycles. The van der Waals surface area contributed by atoms with Gasteiger partial charge in [0.1, 0.15) is 0 Å². The number of aryl methyl sites for hydroxylation is 2. The quantitative estimate of drug-likeness (QED) is 0.169. The molecule has 3 heterocycles. The largest absolute Gasteiger partial charge is 0.341 e. The van der Waals surface area contributed by atoms with Crippen LogP contribution in [0.2, 0.25) is 0 Å². The van der Waals surface area contributed by atoms with Crippen molar-refractivity contribution in [1.29, 1.82) is 0 Å². The number of nitrogens with zero attached hydrogens (tertiary/aromatic N) is 2. The van der Waals surface area contributed by atoms with Gasteiger partial charge in [-0.3, -0.25) is 0 Å². The van der Waals surface area contributed by atoms with Crippen molar-refractivity contribution >= 4 is 75.8 Å². The van der Waals surface area contributed by atoms with E-state index >= 15 is 0 Å². The molecule has 2 aliphatic heterocycles. The van der Waals surface area contributed by atoms with E-state index in [0.29, 0.717) is 0 Å². The van der Waals surface area contributed by atoms with Crippen LogP contribution < -0.4 is 9.80 Å². The van der Waals surface area contributed by atoms with E-state index in [-0.39, 0.29) is 0 Å². The third-order valence-corrected chi connectivity index (χ3v) is 12.8. The van der Waals surface area contributed by atoms with Gasteiger partial charge in [0.25, 0.3) is 0 Å². The van der Waals surface area contributed by atoms with E-state index in [2.05, 4.69) is 168 Å². The average Bonchev–Trinajstić information content (AvgIpc) is 3.60. The van der Waals surface area contributed by atoms with Gasteiger partial charge in [-0.15, -0.1) is 11.3 Å². The number of fused-ring (bicyclic) bond motifs is 7. The molecule has 0 bridgehead atoms. The maximum Gasteiger partial charge on any atom is 0.0443 e. The number of anilines is 4. The van der Waals surface area contributed by atoms with Gasteiger partial charge in [0.2, 0.25) is 0 Å². The first-order valence-electron chi connectivity index (χ1n) is 19.0. The summed E-state index contributed by atoms with van der Waals surface area (Å²) in [6.45, 7) is 2.04. The van der Waals surface area contributed by atoms with Crippen molar-refractivity contribution in [2.45, 2.75) is 25.7 Å². The van der Waals surface area contributed by atoms with Gasteiger partial charge in [0.05, 0.1) is 0 Å². The molecule has 254 valence electrons. The predicted molar refractivity (Wildman–Crippen MR) is 229 cm³/mol. The van der Waals surface area contributed by atoms with Crippen LogP contribution >= 0.6 is 11.3 Å². The van der Waals surface area contributed by atoms with E-state index in [0.717, 1.165) is 38.8 Å². The molecule has 0 unspecified atom stereocenters. The minimum Gasteiger partial charge on any atom is -0.341 e. The highest BCUT2D eigenvalue weighted by Crippen LogP contribution is 2.48. The van der Waals surface area contributed by atoms with Crippen LogP contribution in [0.4, 0.5) is 22.7 Å². The normalized spacial score (nSPS) is 14.3. The maximum absolute atomic E-state index is 2.54. The summed E-state index contributed by atoms with van der Waals surface area (Å²) < 4.78 is 2.67. The summed E-state index contributed by atoms with van der Waals surface area (Å²) in [4.78, 5) is 5.08. The first-order chi connectivity index (χ1) is 26.3. The Bertz CT molecular complexity index is 2870. The van der Waals surface area contributed by atoms with E-state index < -0.39 is 0 Å². The van der Waals surface area contributed by atoms with Crippen LogP contribution in [-0.4, -0.2) is 13.1 Å². The molecule has 0 atom stereocenters. The molecule has 53 heavy (non-hydrogen) atoms. The summed E-state index contributed by atoms with van der Waals surface area (Å²) >= 11 is 1.89. The summed E-state index contributed by atoms with van der Waals surface area (Å²) in [5.74, 6) is 0. The van der Waals surface area contributed by atoms with Crippen LogP contribution in [0.25, 0.3) is 64.0 Å². The third kappa shape index (κ3) is 4.99. The molecule has 0 aliphatic carbocycles. The number of benzene rings is 8. The van der Waals surface area contributed by atoms with Gasteiger partial charge in [0, 0.05) is 56.0 Å². The summed E-state index contributed by atoms with van der Waals surface area (Å²) in [6, 6.07) is 59.6. The molecule has 0 saturated heterocycles. The van der Waals surface area contributed by atoms with Gasteiger partial charge in [-0.1, -0.05) is 103 Å². The number of thiophene rings is 1. The van der Waals surface area contributed by atoms with Crippen molar-refractivity contribution < 1.29 is 0 Å². The van der Waals surface area contributed by atoms with Crippen molar-refractivity contribution in [3.63, 3.8) is 0 Å². The molecule has 9 aromatic rings. The van der Waals surface area contributed by atoms with E-state index in [1.54, 1.807) is 0 Å². The molecule has 1 aromatic heterocycles. The molecule has 2 aliphatic rings. The van der Waals surface area contributed by atoms with Crippen LogP contribution in [0.1, 0.15) is 24.0 Å². The summed E-state index contributed by atoms with van der Waals surface area (Å²) in [6.07, 6.45) is 4.57. The van der Waals surface area contributed by atoms with Gasteiger partial charge in [-0.05, 0) is 135 Å². The third-order valence-electron chi connectivity index (χ3n) is 11.7. The van der Waals surface area contributed by atoms with Crippen LogP contribution in [-0.2, 0) is 12.8 Å². The Kier molecular flexibility index (Phi) is 7.16. The Labute approximate surface area is 314 Å². The second-order valence-corrected chi connectivity index (χ2v) is 15.7. The van der Waals surface area contributed by atoms with E-state index in [9.17, 15) is 0 Å². The van der Waals surface area contributed by atoms with Gasteiger partial charge in [0.15, 0.2) is 0 Å². The Hall–Kier alpha value is -5.90. The number of rotatable bonds is 4. The molecule has 2 nitrogen and oxygen atoms in total. The molecule has 0 amide bonds. The van der Waals surface area contributed by atoms with Crippen LogP contribution in [0, 0.1) is 0 Å². The van der Waals surface area contributed by atoms with Gasteiger partial charge in [-0.2, -0.15) is 0 Å². The second-order valence-electron chi connectivity index (χ2n) is 14.7. The van der Waals surface area contributed by atoms with E-state index in [4.69, 9.17) is 0 Å². The maximum atomic E-state index is 2.54. The number of para-hydroxylation sites is 2. The van der Waals surface area contributed by atoms with Crippen molar-refractivity contribution in [1.82, 2.24) is 0 Å². The van der Waals surface area contributed by atoms with Crippen molar-refractivity contribution in [3.8, 4) is 22.3 Å². The summed E-state index contributed by atoms with van der Waals surface area (Å²) in [5, 5.41) is 7.84. The zero-order valence-corrected chi connectivity index (χ0v) is 30.4. The summed E-state index contributed by atoms with van der Waals surface area (Å²) in [7, 11) is 0. The fourth-order valence-electron chi connectivity index (χ4n) is 9.25. The first kappa shape index (κ1) is 30.7. The highest BCUT2D eigenvalue weighted by molar-refractivity contribution is 7.25. The molecule has 0 fully saturated rings. The average molecular weight is 699 g/mol. The van der Waals surface area contributed by atoms with Crippen LogP contribution in [0.5, 0.6) is 0 Å². The lowest BCUT2D eigenvalue weighted by Crippen LogP contribution is -2.24. The van der Waals surface area contributed by atoms with Crippen molar-refractivity contribution in [3.05, 3.63) is 169 Å². The fourth-order valence-corrected chi connectivity index (χ4v) is 10.3. The Morgan fingerprint density at radius 2 is 0.925 bits per heavy atom. The lowest BCUT2D eigenvalue weighted by molar-refractivity contribution is 0.767. The number of hydrogen-bond acceptors (Lipinski definition) is 3. The zero-order valence-electron chi connectivity index (χ0n) is 29.6. The minimum absolute atomic E-state index is 1.02. The van der Waals surface area contributed by atoms with E-state index in [1.165, 1.54) is 97.8 Å². The summed E-state index contributed by atoms with van der Waals surface area (Å²) in [5.41, 5.74) is 13.2. The smallest absolute Gasteiger partial charge is 0.0443 e. The lowest BCUT2D eigenvalue weighted by Gasteiger charge is -2.32. The Balaban J connectivity index is 1.23. The molecule has 8 aromatic carbocycles. The first-order valence-corrected chi connectivity index (χ1v) is 19.8. The van der Waals surface area contributed by atoms with Gasteiger partial charge in [-0.25, -0.2) is 0 Å². The highest BCUT2D eigenvalue weighted by Gasteiger charge is 2.24. The highest BCUT2D eigenvalue weighted by atomic mass is 32.1. The Morgan fingerprint density at radius 3 is 1.58 bits per heavy atom. The van der Waals surface area contributed by atoms with Crippen LogP contribution in [0.3, 0.4) is 0 Å². The van der Waals surface area contributed by atoms with Gasteiger partial charge < -0.3 is 9.80 Å². The molecule has 0 spiro atoms. The zero-order chi connectivity index (χ0) is 34.9. The molecule has 0 radical (unpaired) electrons. The molecular weight excluding hydrogens is 661 g/mol. The topological polar surface area (TPSA) is 6.48 Å². The van der Waals surface area contributed by atoms with Crippen molar-refractivity contribution in [2.24, 2.45) is 0 Å². The Morgan fingerprint density at radius 1 is 0.377 bits per heavy atom. The molecule has 11 rings (SSSR count).